The van der Waals surface area contributed by atoms with Gasteiger partial charge in [0.1, 0.15) is 0 Å². The van der Waals surface area contributed by atoms with Crippen molar-refractivity contribution in [2.45, 2.75) is 33.1 Å². The van der Waals surface area contributed by atoms with Gasteiger partial charge in [-0.2, -0.15) is 0 Å². The highest BCUT2D eigenvalue weighted by Gasteiger charge is 1.88. The molecule has 0 aromatic rings. The van der Waals surface area contributed by atoms with Gasteiger partial charge in [0, 0.05) is 26.2 Å². The Kier molecular flexibility index (Phi) is 12.8. The predicted molar refractivity (Wildman–Crippen MR) is 61.8 cm³/mol. The minimum atomic E-state index is 0.841. The molecule has 0 radical (unpaired) electrons. The van der Waals surface area contributed by atoms with E-state index in [9.17, 15) is 0 Å². The Morgan fingerprint density at radius 3 is 2.14 bits per heavy atom. The molecule has 3 heteroatoms. The molecule has 0 heterocycles. The zero-order chi connectivity index (χ0) is 10.5. The predicted octanol–water partition coefficient (Wildman–Crippen LogP) is 1.39. The van der Waals surface area contributed by atoms with E-state index in [1.807, 2.05) is 0 Å². The molecule has 0 aromatic heterocycles. The zero-order valence-corrected chi connectivity index (χ0v) is 9.77. The molecule has 0 saturated heterocycles. The molecule has 0 aliphatic rings. The lowest BCUT2D eigenvalue weighted by atomic mass is 10.4. The van der Waals surface area contributed by atoms with E-state index in [1.165, 1.54) is 19.3 Å². The first kappa shape index (κ1) is 13.9. The van der Waals surface area contributed by atoms with Crippen molar-refractivity contribution >= 4 is 0 Å². The van der Waals surface area contributed by atoms with E-state index in [0.29, 0.717) is 0 Å². The highest BCUT2D eigenvalue weighted by Crippen LogP contribution is 1.86. The van der Waals surface area contributed by atoms with E-state index >= 15 is 0 Å². The molecule has 0 aliphatic carbocycles. The molecule has 0 aromatic carbocycles. The molecule has 0 saturated carbocycles. The smallest absolute Gasteiger partial charge is 0.0590 e. The maximum Gasteiger partial charge on any atom is 0.0590 e. The van der Waals surface area contributed by atoms with Crippen molar-refractivity contribution in [3.05, 3.63) is 0 Å². The normalized spacial score (nSPS) is 10.7. The number of nitrogens with one attached hydrogen (secondary N) is 2. The summed E-state index contributed by atoms with van der Waals surface area (Å²) < 4.78 is 5.42. The summed E-state index contributed by atoms with van der Waals surface area (Å²) in [6.07, 6.45) is 3.60. The average Bonchev–Trinajstić information content (AvgIpc) is 2.21. The van der Waals surface area contributed by atoms with Gasteiger partial charge >= 0.3 is 0 Å². The Morgan fingerprint density at radius 2 is 1.50 bits per heavy atom. The second-order valence-electron chi connectivity index (χ2n) is 3.47. The van der Waals surface area contributed by atoms with Crippen LogP contribution in [0, 0.1) is 0 Å². The summed E-state index contributed by atoms with van der Waals surface area (Å²) >= 11 is 0. The van der Waals surface area contributed by atoms with E-state index in [1.54, 1.807) is 0 Å². The van der Waals surface area contributed by atoms with E-state index in [-0.39, 0.29) is 0 Å². The van der Waals surface area contributed by atoms with Crippen molar-refractivity contribution in [2.75, 3.05) is 39.4 Å². The van der Waals surface area contributed by atoms with Crippen LogP contribution in [-0.4, -0.2) is 39.4 Å². The van der Waals surface area contributed by atoms with Gasteiger partial charge < -0.3 is 15.4 Å². The molecule has 0 rings (SSSR count). The van der Waals surface area contributed by atoms with Crippen molar-refractivity contribution in [3.8, 4) is 0 Å². The minimum Gasteiger partial charge on any atom is -0.380 e. The molecule has 14 heavy (non-hydrogen) atoms. The quantitative estimate of drug-likeness (QED) is 0.497. The summed E-state index contributed by atoms with van der Waals surface area (Å²) in [5.74, 6) is 0. The fourth-order valence-corrected chi connectivity index (χ4v) is 1.10. The maximum atomic E-state index is 5.42. The molecule has 0 aliphatic heterocycles. The molecule has 0 spiro atoms. The first-order chi connectivity index (χ1) is 6.91. The van der Waals surface area contributed by atoms with Crippen LogP contribution in [-0.2, 0) is 4.74 Å². The van der Waals surface area contributed by atoms with Crippen LogP contribution in [0.2, 0.25) is 0 Å². The number of ether oxygens (including phenoxy) is 1. The number of unbranched alkanes of at least 4 members (excludes halogenated alkanes) is 1. The number of hydrogen-bond donors (Lipinski definition) is 2. The fraction of sp³-hybridized carbons (Fsp3) is 1.00. The largest absolute Gasteiger partial charge is 0.380 e. The van der Waals surface area contributed by atoms with Crippen molar-refractivity contribution < 1.29 is 4.74 Å². The van der Waals surface area contributed by atoms with E-state index < -0.39 is 0 Å². The summed E-state index contributed by atoms with van der Waals surface area (Å²) in [5, 5.41) is 6.68. The van der Waals surface area contributed by atoms with Crippen LogP contribution in [0.1, 0.15) is 33.1 Å². The van der Waals surface area contributed by atoms with E-state index in [4.69, 9.17) is 4.74 Å². The minimum absolute atomic E-state index is 0.841. The Labute approximate surface area is 88.6 Å². The first-order valence-electron chi connectivity index (χ1n) is 5.91. The summed E-state index contributed by atoms with van der Waals surface area (Å²) in [6.45, 7) is 10.3. The zero-order valence-electron chi connectivity index (χ0n) is 9.77. The van der Waals surface area contributed by atoms with E-state index in [0.717, 1.165) is 39.4 Å². The summed E-state index contributed by atoms with van der Waals surface area (Å²) in [4.78, 5) is 0. The van der Waals surface area contributed by atoms with Crippen LogP contribution < -0.4 is 10.6 Å². The lowest BCUT2D eigenvalue weighted by Gasteiger charge is -2.06. The van der Waals surface area contributed by atoms with E-state index in [2.05, 4.69) is 24.5 Å². The fourth-order valence-electron chi connectivity index (χ4n) is 1.10. The lowest BCUT2D eigenvalue weighted by Crippen LogP contribution is -2.29. The molecule has 0 amide bonds. The van der Waals surface area contributed by atoms with Crippen LogP contribution >= 0.6 is 0 Å². The Morgan fingerprint density at radius 1 is 0.786 bits per heavy atom. The highest BCUT2D eigenvalue weighted by molar-refractivity contribution is 4.50. The van der Waals surface area contributed by atoms with Gasteiger partial charge in [-0.25, -0.2) is 0 Å². The number of hydrogen-bond acceptors (Lipinski definition) is 3. The van der Waals surface area contributed by atoms with Gasteiger partial charge in [0.05, 0.1) is 6.61 Å². The summed E-state index contributed by atoms with van der Waals surface area (Å²) in [7, 11) is 0. The monoisotopic (exact) mass is 202 g/mol. The van der Waals surface area contributed by atoms with Crippen molar-refractivity contribution in [1.82, 2.24) is 10.6 Å². The molecule has 3 nitrogen and oxygen atoms in total. The Hall–Kier alpha value is -0.120. The maximum absolute atomic E-state index is 5.42. The second-order valence-corrected chi connectivity index (χ2v) is 3.47. The molecule has 86 valence electrons. The van der Waals surface area contributed by atoms with Gasteiger partial charge in [-0.15, -0.1) is 0 Å². The molecule has 0 atom stereocenters. The van der Waals surface area contributed by atoms with Crippen molar-refractivity contribution in [1.29, 1.82) is 0 Å². The van der Waals surface area contributed by atoms with Gasteiger partial charge in [-0.1, -0.05) is 20.3 Å². The standard InChI is InChI=1S/C11H26N2O/c1-3-5-10-14-11-9-13-8-7-12-6-4-2/h12-13H,3-11H2,1-2H3. The van der Waals surface area contributed by atoms with Gasteiger partial charge in [0.15, 0.2) is 0 Å². The summed E-state index contributed by atoms with van der Waals surface area (Å²) in [5.41, 5.74) is 0. The molecular formula is C11H26N2O. The van der Waals surface area contributed by atoms with Crippen LogP contribution in [0.4, 0.5) is 0 Å². The Balaban J connectivity index is 2.78. The summed E-state index contributed by atoms with van der Waals surface area (Å²) in [6, 6.07) is 0. The topological polar surface area (TPSA) is 33.3 Å². The third-order valence-electron chi connectivity index (χ3n) is 1.97. The molecule has 0 bridgehead atoms. The van der Waals surface area contributed by atoms with Gasteiger partial charge in [-0.3, -0.25) is 0 Å². The van der Waals surface area contributed by atoms with Crippen LogP contribution in [0.15, 0.2) is 0 Å². The molecule has 0 unspecified atom stereocenters. The lowest BCUT2D eigenvalue weighted by molar-refractivity contribution is 0.133. The van der Waals surface area contributed by atoms with Crippen LogP contribution in [0.5, 0.6) is 0 Å². The second kappa shape index (κ2) is 12.9. The third kappa shape index (κ3) is 11.9. The van der Waals surface area contributed by atoms with Crippen molar-refractivity contribution in [2.24, 2.45) is 0 Å². The average molecular weight is 202 g/mol. The van der Waals surface area contributed by atoms with Gasteiger partial charge in [0.2, 0.25) is 0 Å². The molecule has 2 N–H and O–H groups in total. The van der Waals surface area contributed by atoms with Crippen LogP contribution in [0.3, 0.4) is 0 Å². The van der Waals surface area contributed by atoms with Gasteiger partial charge in [-0.05, 0) is 19.4 Å². The van der Waals surface area contributed by atoms with Gasteiger partial charge in [0.25, 0.3) is 0 Å². The number of rotatable bonds is 11. The molecular weight excluding hydrogens is 176 g/mol. The first-order valence-corrected chi connectivity index (χ1v) is 5.91. The SMILES string of the molecule is CCCCOCCNCCNCCC. The molecule has 0 fully saturated rings. The third-order valence-corrected chi connectivity index (χ3v) is 1.97. The van der Waals surface area contributed by atoms with Crippen molar-refractivity contribution in [3.63, 3.8) is 0 Å². The highest BCUT2D eigenvalue weighted by atomic mass is 16.5. The van der Waals surface area contributed by atoms with Crippen LogP contribution in [0.25, 0.3) is 0 Å². The Bertz CT molecular complexity index is 87.3.